The summed E-state index contributed by atoms with van der Waals surface area (Å²) in [5.41, 5.74) is 0. The Kier molecular flexibility index (Phi) is 17.2. The smallest absolute Gasteiger partial charge is 0.195 e. The fraction of sp³-hybridized carbons (Fsp3) is 0.968. The van der Waals surface area contributed by atoms with Crippen LogP contribution in [0.3, 0.4) is 0 Å². The number of ether oxygens (including phenoxy) is 6. The molecular formula is C31H55NO24. The highest BCUT2D eigenvalue weighted by Crippen LogP contribution is 2.34. The molecule has 0 aromatic heterocycles. The van der Waals surface area contributed by atoms with Crippen LogP contribution in [0.4, 0.5) is 0 Å². The number of aliphatic hydroxyl groups is 17. The first-order valence-corrected chi connectivity index (χ1v) is 17.8. The van der Waals surface area contributed by atoms with Gasteiger partial charge in [0, 0.05) is 5.92 Å². The molecule has 0 aromatic carbocycles. The maximum Gasteiger partial charge on any atom is 0.195 e. The number of hydrogen-bond donors (Lipinski definition) is 18. The Balaban J connectivity index is 1.42. The van der Waals surface area contributed by atoms with Gasteiger partial charge >= 0.3 is 0 Å². The molecule has 3 heterocycles. The molecule has 3 saturated heterocycles. The summed E-state index contributed by atoms with van der Waals surface area (Å²) in [6.07, 6.45) is -39.0. The quantitative estimate of drug-likeness (QED) is 0.0687. The second-order valence-corrected chi connectivity index (χ2v) is 14.2. The summed E-state index contributed by atoms with van der Waals surface area (Å²) in [5.74, 6) is -2.62. The fourth-order valence-electron chi connectivity index (χ4n) is 7.19. The molecule has 18 N–H and O–H groups in total. The molecule has 0 bridgehead atoms. The van der Waals surface area contributed by atoms with Crippen LogP contribution in [0, 0.1) is 5.92 Å². The number of aliphatic hydroxyl groups excluding tert-OH is 17. The zero-order chi connectivity index (χ0) is 41.9. The second kappa shape index (κ2) is 20.3. The lowest BCUT2D eigenvalue weighted by molar-refractivity contribution is -0.378. The van der Waals surface area contributed by atoms with Gasteiger partial charge in [-0.15, -0.1) is 0 Å². The minimum atomic E-state index is -2.15. The minimum Gasteiger partial charge on any atom is -0.396 e. The van der Waals surface area contributed by atoms with Gasteiger partial charge in [-0.25, -0.2) is 0 Å². The summed E-state index contributed by atoms with van der Waals surface area (Å²) >= 11 is 0. The van der Waals surface area contributed by atoms with Crippen molar-refractivity contribution in [2.24, 2.45) is 5.92 Å². The van der Waals surface area contributed by atoms with E-state index in [9.17, 15) is 86.5 Å². The predicted octanol–water partition coefficient (Wildman–Crippen LogP) is -11.8. The first-order chi connectivity index (χ1) is 26.4. The van der Waals surface area contributed by atoms with Crippen LogP contribution in [-0.2, 0) is 33.2 Å². The van der Waals surface area contributed by atoms with Crippen molar-refractivity contribution in [3.63, 3.8) is 0 Å². The molecule has 1 saturated carbocycles. The van der Waals surface area contributed by atoms with Gasteiger partial charge in [0.1, 0.15) is 91.6 Å². The highest BCUT2D eigenvalue weighted by Gasteiger charge is 2.55. The molecule has 4 fully saturated rings. The van der Waals surface area contributed by atoms with Crippen LogP contribution in [0.5, 0.6) is 0 Å². The molecule has 25 heteroatoms. The van der Waals surface area contributed by atoms with E-state index in [1.165, 1.54) is 6.92 Å². The van der Waals surface area contributed by atoms with Gasteiger partial charge in [-0.1, -0.05) is 0 Å². The van der Waals surface area contributed by atoms with E-state index in [0.717, 1.165) is 0 Å². The van der Waals surface area contributed by atoms with Crippen molar-refractivity contribution in [2.45, 2.75) is 148 Å². The van der Waals surface area contributed by atoms with Crippen molar-refractivity contribution < 1.29 is 120 Å². The molecule has 24 atom stereocenters. The second-order valence-electron chi connectivity index (χ2n) is 14.2. The van der Waals surface area contributed by atoms with Gasteiger partial charge in [-0.05, 0) is 6.92 Å². The van der Waals surface area contributed by atoms with Gasteiger partial charge in [-0.3, -0.25) is 4.79 Å². The summed E-state index contributed by atoms with van der Waals surface area (Å²) < 4.78 is 33.2. The summed E-state index contributed by atoms with van der Waals surface area (Å²) in [4.78, 5) is 12.4. The normalized spacial score (nSPS) is 47.9. The van der Waals surface area contributed by atoms with E-state index in [1.807, 2.05) is 0 Å². The molecule has 4 rings (SSSR count). The first kappa shape index (κ1) is 47.4. The Hall–Kier alpha value is -1.29. The van der Waals surface area contributed by atoms with Crippen LogP contribution in [0.25, 0.3) is 0 Å². The molecule has 56 heavy (non-hydrogen) atoms. The standard InChI is InChI=1S/C31H55NO24/c1-7-13(32-14-15(40)8(2-33)16(41)20(45)19(14)44)18(43)23(48)29(51-7)55-27-11(5-36)53-31(25(50)22(27)47)56-28-12(6-37)52-30(24(49)21(28)46)54-26(10(39)4-35)17(42)9(38)3-34/h7-16,18-41,43-50H,2-6H2,1H3. The van der Waals surface area contributed by atoms with E-state index in [2.05, 4.69) is 5.32 Å². The highest BCUT2D eigenvalue weighted by atomic mass is 16.8. The Bertz CT molecular complexity index is 1220. The van der Waals surface area contributed by atoms with E-state index < -0.39 is 186 Å². The summed E-state index contributed by atoms with van der Waals surface area (Å²) in [6, 6.07) is -2.72. The fourth-order valence-corrected chi connectivity index (χ4v) is 7.19. The van der Waals surface area contributed by atoms with Crippen LogP contribution in [0.15, 0.2) is 0 Å². The van der Waals surface area contributed by atoms with E-state index in [-0.39, 0.29) is 0 Å². The maximum absolute atomic E-state index is 12.4. The third kappa shape index (κ3) is 9.67. The van der Waals surface area contributed by atoms with Crippen molar-refractivity contribution in [3.05, 3.63) is 0 Å². The summed E-state index contributed by atoms with van der Waals surface area (Å²) in [5, 5.41) is 178. The predicted molar refractivity (Wildman–Crippen MR) is 173 cm³/mol. The molecule has 328 valence electrons. The largest absolute Gasteiger partial charge is 0.396 e. The van der Waals surface area contributed by atoms with Crippen molar-refractivity contribution in [1.82, 2.24) is 5.32 Å². The van der Waals surface area contributed by atoms with Crippen molar-refractivity contribution >= 4 is 5.78 Å². The topological polar surface area (TPSA) is 428 Å². The summed E-state index contributed by atoms with van der Waals surface area (Å²) in [6.45, 7) is -3.53. The van der Waals surface area contributed by atoms with Crippen molar-refractivity contribution in [1.29, 1.82) is 0 Å². The van der Waals surface area contributed by atoms with Gasteiger partial charge < -0.3 is 121 Å². The number of Topliss-reactive ketones (excluding diaryl/α,β-unsaturated/α-hetero) is 1. The van der Waals surface area contributed by atoms with Crippen molar-refractivity contribution in [2.75, 3.05) is 33.0 Å². The zero-order valence-electron chi connectivity index (χ0n) is 29.9. The third-order valence-corrected chi connectivity index (χ3v) is 10.6. The lowest BCUT2D eigenvalue weighted by Gasteiger charge is -2.50. The number of carbonyl (C=O) groups is 1. The molecular weight excluding hydrogens is 770 g/mol. The average molecular weight is 826 g/mol. The lowest BCUT2D eigenvalue weighted by atomic mass is 9.76. The van der Waals surface area contributed by atoms with Crippen molar-refractivity contribution in [3.8, 4) is 0 Å². The van der Waals surface area contributed by atoms with E-state index in [1.54, 1.807) is 0 Å². The molecule has 4 aliphatic rings. The molecule has 0 radical (unpaired) electrons. The van der Waals surface area contributed by atoms with Gasteiger partial charge in [0.2, 0.25) is 0 Å². The van der Waals surface area contributed by atoms with E-state index in [0.29, 0.717) is 0 Å². The van der Waals surface area contributed by atoms with Crippen LogP contribution in [-0.4, -0.2) is 266 Å². The molecule has 0 amide bonds. The molecule has 1 aliphatic carbocycles. The maximum atomic E-state index is 12.4. The number of ketones is 1. The molecule has 24 unspecified atom stereocenters. The van der Waals surface area contributed by atoms with E-state index >= 15 is 0 Å². The number of carbonyl (C=O) groups excluding carboxylic acids is 1. The Morgan fingerprint density at radius 3 is 1.55 bits per heavy atom. The van der Waals surface area contributed by atoms with Crippen LogP contribution in [0.2, 0.25) is 0 Å². The SMILES string of the molecule is CC1OC(OC2C(CO)OC(OC3C(CO)OC(OC(C(=O)C(O)CO)C(O)CO)C(O)C3O)C(O)C2O)C(O)C(O)C1NC1C(O)C(O)C(O)C(CO)C1O. The number of rotatable bonds is 16. The third-order valence-electron chi connectivity index (χ3n) is 10.6. The Morgan fingerprint density at radius 2 is 1.05 bits per heavy atom. The molecule has 0 aromatic rings. The summed E-state index contributed by atoms with van der Waals surface area (Å²) in [7, 11) is 0. The Morgan fingerprint density at radius 1 is 0.571 bits per heavy atom. The van der Waals surface area contributed by atoms with Gasteiger partial charge in [0.15, 0.2) is 24.7 Å². The highest BCUT2D eigenvalue weighted by molar-refractivity contribution is 5.87. The van der Waals surface area contributed by atoms with Gasteiger partial charge in [-0.2, -0.15) is 0 Å². The lowest BCUT2D eigenvalue weighted by Crippen LogP contribution is -2.72. The van der Waals surface area contributed by atoms with Gasteiger partial charge in [0.05, 0.1) is 63.4 Å². The number of hydrogen-bond acceptors (Lipinski definition) is 25. The molecule has 25 nitrogen and oxygen atoms in total. The minimum absolute atomic E-state index is 0.771. The molecule has 0 spiro atoms. The Labute approximate surface area is 318 Å². The number of nitrogens with one attached hydrogen (secondary N) is 1. The van der Waals surface area contributed by atoms with Crippen LogP contribution >= 0.6 is 0 Å². The average Bonchev–Trinajstić information content (AvgIpc) is 3.18. The van der Waals surface area contributed by atoms with Gasteiger partial charge in [0.25, 0.3) is 0 Å². The monoisotopic (exact) mass is 825 g/mol. The van der Waals surface area contributed by atoms with Crippen LogP contribution in [0.1, 0.15) is 6.92 Å². The molecule has 3 aliphatic heterocycles. The van der Waals surface area contributed by atoms with E-state index in [4.69, 9.17) is 33.5 Å². The first-order valence-electron chi connectivity index (χ1n) is 17.8. The van der Waals surface area contributed by atoms with Crippen LogP contribution < -0.4 is 5.32 Å². The zero-order valence-corrected chi connectivity index (χ0v) is 29.9.